The average Bonchev–Trinajstić information content (AvgIpc) is 2.79. The quantitative estimate of drug-likeness (QED) is 0.783. The van der Waals surface area contributed by atoms with Crippen molar-refractivity contribution in [2.24, 2.45) is 0 Å². The molecule has 2 amide bonds. The molecule has 2 saturated heterocycles. The summed E-state index contributed by atoms with van der Waals surface area (Å²) in [6.07, 6.45) is 1.48. The predicted molar refractivity (Wildman–Crippen MR) is 118 cm³/mol. The maximum absolute atomic E-state index is 12.9. The number of sulfonamides is 1. The number of ether oxygens (including phenoxy) is 1. The zero-order chi connectivity index (χ0) is 21.8. The topological polar surface area (TPSA) is 96.0 Å². The smallest absolute Gasteiger partial charge is 0.256 e. The molecule has 0 aliphatic carbocycles. The third kappa shape index (κ3) is 4.72. The molecule has 2 fully saturated rings. The Bertz CT molecular complexity index is 1060. The highest BCUT2D eigenvalue weighted by Gasteiger charge is 2.26. The number of hydrogen-bond donors (Lipinski definition) is 1. The van der Waals surface area contributed by atoms with E-state index in [0.717, 1.165) is 6.42 Å². The number of nitrogens with one attached hydrogen (secondary N) is 1. The van der Waals surface area contributed by atoms with Gasteiger partial charge in [-0.1, -0.05) is 12.1 Å². The fourth-order valence-corrected chi connectivity index (χ4v) is 5.41. The lowest BCUT2D eigenvalue weighted by atomic mass is 10.1. The van der Waals surface area contributed by atoms with Gasteiger partial charge in [-0.25, -0.2) is 8.42 Å². The number of para-hydroxylation sites is 1. The normalized spacial score (nSPS) is 18.5. The van der Waals surface area contributed by atoms with Crippen molar-refractivity contribution < 1.29 is 22.7 Å². The molecule has 0 radical (unpaired) electrons. The Kier molecular flexibility index (Phi) is 6.24. The van der Waals surface area contributed by atoms with Crippen LogP contribution in [0.15, 0.2) is 48.5 Å². The van der Waals surface area contributed by atoms with Gasteiger partial charge in [0.15, 0.2) is 0 Å². The number of morpholine rings is 1. The van der Waals surface area contributed by atoms with Gasteiger partial charge < -0.3 is 15.0 Å². The first-order valence-corrected chi connectivity index (χ1v) is 11.9. The molecular formula is C22H25N3O5S. The van der Waals surface area contributed by atoms with Crippen LogP contribution in [0.5, 0.6) is 0 Å². The van der Waals surface area contributed by atoms with E-state index in [0.29, 0.717) is 61.8 Å². The van der Waals surface area contributed by atoms with Crippen LogP contribution in [0, 0.1) is 0 Å². The molecule has 2 aliphatic heterocycles. The van der Waals surface area contributed by atoms with Crippen LogP contribution < -0.4 is 9.62 Å². The van der Waals surface area contributed by atoms with Gasteiger partial charge >= 0.3 is 0 Å². The number of hydrogen-bond acceptors (Lipinski definition) is 5. The maximum atomic E-state index is 12.9. The highest BCUT2D eigenvalue weighted by molar-refractivity contribution is 7.92. The first-order valence-electron chi connectivity index (χ1n) is 10.3. The summed E-state index contributed by atoms with van der Waals surface area (Å²) in [6.45, 7) is 2.48. The number of benzene rings is 2. The first-order chi connectivity index (χ1) is 15.0. The lowest BCUT2D eigenvalue weighted by Gasteiger charge is -2.28. The van der Waals surface area contributed by atoms with Crippen LogP contribution in [0.3, 0.4) is 0 Å². The minimum Gasteiger partial charge on any atom is -0.378 e. The van der Waals surface area contributed by atoms with Crippen molar-refractivity contribution in [1.29, 1.82) is 0 Å². The van der Waals surface area contributed by atoms with Crippen LogP contribution in [-0.2, 0) is 14.8 Å². The van der Waals surface area contributed by atoms with E-state index in [1.54, 1.807) is 53.4 Å². The van der Waals surface area contributed by atoms with E-state index in [1.807, 2.05) is 0 Å². The molecule has 2 aliphatic rings. The van der Waals surface area contributed by atoms with Crippen molar-refractivity contribution in [1.82, 2.24) is 4.90 Å². The van der Waals surface area contributed by atoms with Crippen LogP contribution in [0.4, 0.5) is 11.4 Å². The van der Waals surface area contributed by atoms with Gasteiger partial charge in [-0.3, -0.25) is 13.9 Å². The largest absolute Gasteiger partial charge is 0.378 e. The van der Waals surface area contributed by atoms with Gasteiger partial charge in [0.05, 0.1) is 35.9 Å². The van der Waals surface area contributed by atoms with Gasteiger partial charge in [-0.05, 0) is 49.2 Å². The lowest BCUT2D eigenvalue weighted by Crippen LogP contribution is -2.41. The van der Waals surface area contributed by atoms with Gasteiger partial charge in [0.1, 0.15) is 0 Å². The Balaban J connectivity index is 1.49. The Labute approximate surface area is 181 Å². The molecule has 8 nitrogen and oxygen atoms in total. The highest BCUT2D eigenvalue weighted by Crippen LogP contribution is 2.24. The molecule has 0 bridgehead atoms. The summed E-state index contributed by atoms with van der Waals surface area (Å²) in [5.41, 5.74) is 1.80. The monoisotopic (exact) mass is 443 g/mol. The lowest BCUT2D eigenvalue weighted by molar-refractivity contribution is 0.0303. The molecule has 0 unspecified atom stereocenters. The standard InChI is InChI=1S/C22H25N3O5S/c26-21(17-7-9-18(10-8-17)25-11-3-4-16-31(25,28)29)23-20-6-2-1-5-19(20)22(27)24-12-14-30-15-13-24/h1-2,5-10H,3-4,11-16H2,(H,23,26). The molecule has 1 N–H and O–H groups in total. The third-order valence-electron chi connectivity index (χ3n) is 5.47. The van der Waals surface area contributed by atoms with Crippen LogP contribution in [0.1, 0.15) is 33.6 Å². The molecule has 31 heavy (non-hydrogen) atoms. The molecular weight excluding hydrogens is 418 g/mol. The third-order valence-corrected chi connectivity index (χ3v) is 7.34. The van der Waals surface area contributed by atoms with Crippen molar-refractivity contribution in [3.05, 3.63) is 59.7 Å². The first kappa shape index (κ1) is 21.3. The van der Waals surface area contributed by atoms with E-state index in [4.69, 9.17) is 4.74 Å². The molecule has 0 aromatic heterocycles. The van der Waals surface area contributed by atoms with Gasteiger partial charge in [0.25, 0.3) is 11.8 Å². The number of rotatable bonds is 4. The van der Waals surface area contributed by atoms with Crippen molar-refractivity contribution in [3.8, 4) is 0 Å². The fourth-order valence-electron chi connectivity index (χ4n) is 3.77. The van der Waals surface area contributed by atoms with Crippen molar-refractivity contribution in [2.75, 3.05) is 48.2 Å². The van der Waals surface area contributed by atoms with E-state index < -0.39 is 10.0 Å². The molecule has 2 aromatic rings. The van der Waals surface area contributed by atoms with E-state index in [1.165, 1.54) is 4.31 Å². The Morgan fingerprint density at radius 1 is 0.903 bits per heavy atom. The minimum absolute atomic E-state index is 0.142. The Hall–Kier alpha value is -2.91. The van der Waals surface area contributed by atoms with Crippen molar-refractivity contribution in [2.45, 2.75) is 12.8 Å². The van der Waals surface area contributed by atoms with E-state index >= 15 is 0 Å². The number of amides is 2. The van der Waals surface area contributed by atoms with E-state index in [9.17, 15) is 18.0 Å². The van der Waals surface area contributed by atoms with Crippen LogP contribution in [-0.4, -0.2) is 63.7 Å². The Morgan fingerprint density at radius 3 is 2.32 bits per heavy atom. The maximum Gasteiger partial charge on any atom is 0.256 e. The summed E-state index contributed by atoms with van der Waals surface area (Å²) < 4.78 is 31.3. The van der Waals surface area contributed by atoms with Crippen LogP contribution in [0.25, 0.3) is 0 Å². The molecule has 0 atom stereocenters. The second-order valence-electron chi connectivity index (χ2n) is 7.55. The summed E-state index contributed by atoms with van der Waals surface area (Å²) in [5.74, 6) is -0.372. The predicted octanol–water partition coefficient (Wildman–Crippen LogP) is 2.34. The molecule has 4 rings (SSSR count). The zero-order valence-corrected chi connectivity index (χ0v) is 17.9. The average molecular weight is 444 g/mol. The van der Waals surface area contributed by atoms with Crippen LogP contribution in [0.2, 0.25) is 0 Å². The van der Waals surface area contributed by atoms with Gasteiger partial charge in [0.2, 0.25) is 10.0 Å². The van der Waals surface area contributed by atoms with Gasteiger partial charge in [0, 0.05) is 25.2 Å². The zero-order valence-electron chi connectivity index (χ0n) is 17.1. The summed E-state index contributed by atoms with van der Waals surface area (Å²) in [7, 11) is -3.30. The number of nitrogens with zero attached hydrogens (tertiary/aromatic N) is 2. The molecule has 0 spiro atoms. The molecule has 9 heteroatoms. The minimum atomic E-state index is -3.30. The fraction of sp³-hybridized carbons (Fsp3) is 0.364. The molecule has 164 valence electrons. The Morgan fingerprint density at radius 2 is 1.61 bits per heavy atom. The highest BCUT2D eigenvalue weighted by atomic mass is 32.2. The summed E-state index contributed by atoms with van der Waals surface area (Å²) in [4.78, 5) is 27.4. The van der Waals surface area contributed by atoms with Gasteiger partial charge in [-0.15, -0.1) is 0 Å². The summed E-state index contributed by atoms with van der Waals surface area (Å²) >= 11 is 0. The molecule has 2 aromatic carbocycles. The van der Waals surface area contributed by atoms with Crippen LogP contribution >= 0.6 is 0 Å². The van der Waals surface area contributed by atoms with Gasteiger partial charge in [-0.2, -0.15) is 0 Å². The number of carbonyl (C=O) groups excluding carboxylic acids is 2. The second kappa shape index (κ2) is 9.07. The van der Waals surface area contributed by atoms with E-state index in [2.05, 4.69) is 5.32 Å². The number of carbonyl (C=O) groups is 2. The summed E-state index contributed by atoms with van der Waals surface area (Å²) in [5, 5.41) is 2.81. The molecule has 0 saturated carbocycles. The SMILES string of the molecule is O=C(Nc1ccccc1C(=O)N1CCOCC1)c1ccc(N2CCCCS2(=O)=O)cc1. The van der Waals surface area contributed by atoms with Crippen molar-refractivity contribution >= 4 is 33.2 Å². The van der Waals surface area contributed by atoms with Crippen molar-refractivity contribution in [3.63, 3.8) is 0 Å². The molecule has 2 heterocycles. The number of anilines is 2. The second-order valence-corrected chi connectivity index (χ2v) is 9.56. The summed E-state index contributed by atoms with van der Waals surface area (Å²) in [6, 6.07) is 13.4. The van der Waals surface area contributed by atoms with E-state index in [-0.39, 0.29) is 17.6 Å².